The Hall–Kier alpha value is -0.860. The summed E-state index contributed by atoms with van der Waals surface area (Å²) in [6.07, 6.45) is 2.68. The van der Waals surface area contributed by atoms with E-state index in [0.717, 1.165) is 13.2 Å². The van der Waals surface area contributed by atoms with E-state index in [-0.39, 0.29) is 11.6 Å². The fraction of sp³-hybridized carbons (Fsp3) is 0.667. The molecule has 0 bridgehead atoms. The maximum atomic E-state index is 6.12. The molecule has 0 aliphatic carbocycles. The number of hydrogen-bond donors (Lipinski definition) is 1. The van der Waals surface area contributed by atoms with E-state index in [0.29, 0.717) is 5.92 Å². The lowest BCUT2D eigenvalue weighted by molar-refractivity contribution is -0.0296. The van der Waals surface area contributed by atoms with Crippen LogP contribution in [-0.2, 0) is 4.74 Å². The van der Waals surface area contributed by atoms with Gasteiger partial charge in [-0.1, -0.05) is 23.8 Å². The van der Waals surface area contributed by atoms with Crippen LogP contribution in [0.15, 0.2) is 18.2 Å². The maximum absolute atomic E-state index is 6.12. The molecule has 1 saturated heterocycles. The van der Waals surface area contributed by atoms with Gasteiger partial charge in [0.05, 0.1) is 6.10 Å². The molecular formula is C18H29NO. The molecule has 1 N–H and O–H groups in total. The topological polar surface area (TPSA) is 21.3 Å². The van der Waals surface area contributed by atoms with Crippen molar-refractivity contribution in [1.29, 1.82) is 0 Å². The molecule has 2 unspecified atom stereocenters. The summed E-state index contributed by atoms with van der Waals surface area (Å²) in [5.41, 5.74) is 4.23. The monoisotopic (exact) mass is 275 g/mol. The zero-order valence-corrected chi connectivity index (χ0v) is 13.6. The van der Waals surface area contributed by atoms with E-state index in [9.17, 15) is 0 Å². The molecule has 0 aromatic heterocycles. The highest BCUT2D eigenvalue weighted by molar-refractivity contribution is 5.32. The molecule has 2 nitrogen and oxygen atoms in total. The van der Waals surface area contributed by atoms with Gasteiger partial charge in [0.15, 0.2) is 0 Å². The molecular weight excluding hydrogens is 246 g/mol. The second kappa shape index (κ2) is 6.28. The summed E-state index contributed by atoms with van der Waals surface area (Å²) < 4.78 is 6.12. The summed E-state index contributed by atoms with van der Waals surface area (Å²) in [6, 6.07) is 6.72. The van der Waals surface area contributed by atoms with Gasteiger partial charge in [-0.3, -0.25) is 0 Å². The summed E-state index contributed by atoms with van der Waals surface area (Å²) in [5, 5.41) is 3.64. The van der Waals surface area contributed by atoms with Gasteiger partial charge in [-0.25, -0.2) is 0 Å². The lowest BCUT2D eigenvalue weighted by atomic mass is 9.86. The molecule has 0 radical (unpaired) electrons. The Morgan fingerprint density at radius 3 is 2.65 bits per heavy atom. The Kier molecular flexibility index (Phi) is 4.87. The SMILES string of the molecule is Cc1ccc(C2OCCCC2CNC(C)(C)C)c(C)c1. The van der Waals surface area contributed by atoms with Crippen molar-refractivity contribution < 1.29 is 4.74 Å². The summed E-state index contributed by atoms with van der Waals surface area (Å²) >= 11 is 0. The van der Waals surface area contributed by atoms with E-state index in [4.69, 9.17) is 4.74 Å². The Morgan fingerprint density at radius 2 is 2.00 bits per heavy atom. The van der Waals surface area contributed by atoms with E-state index in [1.165, 1.54) is 29.5 Å². The minimum atomic E-state index is 0.171. The molecule has 0 spiro atoms. The van der Waals surface area contributed by atoms with Gasteiger partial charge >= 0.3 is 0 Å². The molecule has 1 aliphatic heterocycles. The van der Waals surface area contributed by atoms with E-state index in [2.05, 4.69) is 58.1 Å². The molecule has 112 valence electrons. The molecule has 1 heterocycles. The summed E-state index contributed by atoms with van der Waals surface area (Å²) in [4.78, 5) is 0. The Balaban J connectivity index is 2.14. The highest BCUT2D eigenvalue weighted by atomic mass is 16.5. The van der Waals surface area contributed by atoms with Gasteiger partial charge in [0.25, 0.3) is 0 Å². The quantitative estimate of drug-likeness (QED) is 0.894. The Labute approximate surface area is 123 Å². The van der Waals surface area contributed by atoms with Gasteiger partial charge in [-0.2, -0.15) is 0 Å². The fourth-order valence-electron chi connectivity index (χ4n) is 2.98. The highest BCUT2D eigenvalue weighted by Crippen LogP contribution is 2.35. The minimum absolute atomic E-state index is 0.171. The van der Waals surface area contributed by atoms with Crippen LogP contribution in [0.25, 0.3) is 0 Å². The molecule has 1 aromatic rings. The maximum Gasteiger partial charge on any atom is 0.0867 e. The average Bonchev–Trinajstić information content (AvgIpc) is 2.36. The van der Waals surface area contributed by atoms with E-state index in [1.807, 2.05) is 0 Å². The van der Waals surface area contributed by atoms with Crippen LogP contribution >= 0.6 is 0 Å². The van der Waals surface area contributed by atoms with Crippen molar-refractivity contribution in [2.75, 3.05) is 13.2 Å². The fourth-order valence-corrected chi connectivity index (χ4v) is 2.98. The molecule has 1 aromatic carbocycles. The van der Waals surface area contributed by atoms with E-state index >= 15 is 0 Å². The number of benzene rings is 1. The second-order valence-corrected chi connectivity index (χ2v) is 7.18. The smallest absolute Gasteiger partial charge is 0.0867 e. The van der Waals surface area contributed by atoms with Crippen molar-refractivity contribution >= 4 is 0 Å². The van der Waals surface area contributed by atoms with E-state index in [1.54, 1.807) is 0 Å². The van der Waals surface area contributed by atoms with Crippen LogP contribution < -0.4 is 5.32 Å². The molecule has 2 heteroatoms. The van der Waals surface area contributed by atoms with Gasteiger partial charge in [-0.15, -0.1) is 0 Å². The van der Waals surface area contributed by atoms with Crippen molar-refractivity contribution in [3.63, 3.8) is 0 Å². The van der Waals surface area contributed by atoms with Crippen LogP contribution in [0.5, 0.6) is 0 Å². The molecule has 2 rings (SSSR count). The first-order valence-corrected chi connectivity index (χ1v) is 7.80. The van der Waals surface area contributed by atoms with Gasteiger partial charge in [0.1, 0.15) is 0 Å². The normalized spacial score (nSPS) is 23.9. The average molecular weight is 275 g/mol. The number of aryl methyl sites for hydroxylation is 2. The van der Waals surface area contributed by atoms with E-state index < -0.39 is 0 Å². The van der Waals surface area contributed by atoms with Gasteiger partial charge in [-0.05, 0) is 58.6 Å². The van der Waals surface area contributed by atoms with Crippen molar-refractivity contribution in [1.82, 2.24) is 5.32 Å². The van der Waals surface area contributed by atoms with Crippen LogP contribution in [0.3, 0.4) is 0 Å². The summed E-state index contributed by atoms with van der Waals surface area (Å²) in [7, 11) is 0. The zero-order chi connectivity index (χ0) is 14.8. The molecule has 1 aliphatic rings. The third-order valence-corrected chi connectivity index (χ3v) is 4.07. The largest absolute Gasteiger partial charge is 0.373 e. The first kappa shape index (κ1) is 15.5. The Bertz CT molecular complexity index is 447. The van der Waals surface area contributed by atoms with Crippen molar-refractivity contribution in [2.24, 2.45) is 5.92 Å². The number of ether oxygens (including phenoxy) is 1. The summed E-state index contributed by atoms with van der Waals surface area (Å²) in [5.74, 6) is 0.574. The first-order valence-electron chi connectivity index (χ1n) is 7.80. The van der Waals surface area contributed by atoms with Gasteiger partial charge in [0.2, 0.25) is 0 Å². The minimum Gasteiger partial charge on any atom is -0.373 e. The Morgan fingerprint density at radius 1 is 1.25 bits per heavy atom. The predicted octanol–water partition coefficient (Wildman–Crippen LogP) is 4.16. The predicted molar refractivity (Wildman–Crippen MR) is 85.1 cm³/mol. The molecule has 20 heavy (non-hydrogen) atoms. The number of nitrogens with one attached hydrogen (secondary N) is 1. The van der Waals surface area contributed by atoms with Gasteiger partial charge < -0.3 is 10.1 Å². The number of rotatable bonds is 3. The molecule has 2 atom stereocenters. The summed E-state index contributed by atoms with van der Waals surface area (Å²) in [6.45, 7) is 13.0. The zero-order valence-electron chi connectivity index (χ0n) is 13.6. The lowest BCUT2D eigenvalue weighted by Gasteiger charge is -2.35. The highest BCUT2D eigenvalue weighted by Gasteiger charge is 2.29. The molecule has 0 amide bonds. The van der Waals surface area contributed by atoms with Crippen molar-refractivity contribution in [3.8, 4) is 0 Å². The van der Waals surface area contributed by atoms with Crippen LogP contribution in [0.2, 0.25) is 0 Å². The van der Waals surface area contributed by atoms with Gasteiger partial charge in [0, 0.05) is 24.6 Å². The number of hydrogen-bond acceptors (Lipinski definition) is 2. The van der Waals surface area contributed by atoms with Crippen LogP contribution in [0.4, 0.5) is 0 Å². The first-order chi connectivity index (χ1) is 9.37. The second-order valence-electron chi connectivity index (χ2n) is 7.18. The van der Waals surface area contributed by atoms with Crippen molar-refractivity contribution in [3.05, 3.63) is 34.9 Å². The molecule has 1 fully saturated rings. The van der Waals surface area contributed by atoms with Crippen molar-refractivity contribution in [2.45, 2.75) is 59.1 Å². The molecule has 0 saturated carbocycles. The third-order valence-electron chi connectivity index (χ3n) is 4.07. The third kappa shape index (κ3) is 4.07. The standard InChI is InChI=1S/C18H29NO/c1-13-8-9-16(14(2)11-13)17-15(7-6-10-20-17)12-19-18(3,4)5/h8-9,11,15,17,19H,6-7,10,12H2,1-5H3. The lowest BCUT2D eigenvalue weighted by Crippen LogP contribution is -2.41. The van der Waals surface area contributed by atoms with Crippen LogP contribution in [0, 0.1) is 19.8 Å². The van der Waals surface area contributed by atoms with Crippen LogP contribution in [-0.4, -0.2) is 18.7 Å². The van der Waals surface area contributed by atoms with Crippen LogP contribution in [0.1, 0.15) is 56.4 Å².